The van der Waals surface area contributed by atoms with Crippen molar-refractivity contribution in [2.75, 3.05) is 56.9 Å². The van der Waals surface area contributed by atoms with Gasteiger partial charge in [-0.25, -0.2) is 0 Å². The maximum Gasteiger partial charge on any atom is 0.500 e. The number of nitriles is 2. The van der Waals surface area contributed by atoms with Crippen molar-refractivity contribution >= 4 is 75.8 Å². The highest BCUT2D eigenvalue weighted by Gasteiger charge is 2.37. The normalized spacial score (nSPS) is 11.8. The van der Waals surface area contributed by atoms with Crippen LogP contribution in [0.3, 0.4) is 0 Å². The van der Waals surface area contributed by atoms with Gasteiger partial charge in [0.2, 0.25) is 0 Å². The smallest absolute Gasteiger partial charge is 0.396 e. The molecule has 0 radical (unpaired) electrons. The van der Waals surface area contributed by atoms with Crippen LogP contribution >= 0.6 is 44.3 Å². The maximum atomic E-state index is 8.45. The number of hydrogen-bond acceptors (Lipinski definition) is 10. The van der Waals surface area contributed by atoms with Crippen LogP contribution in [0.5, 0.6) is 0 Å². The van der Waals surface area contributed by atoms with Crippen LogP contribution in [0, 0.1) is 22.7 Å². The summed E-state index contributed by atoms with van der Waals surface area (Å²) in [6.45, 7) is -0.131. The predicted molar refractivity (Wildman–Crippen MR) is 384 cm³/mol. The van der Waals surface area contributed by atoms with E-state index in [9.17, 15) is 0 Å². The lowest BCUT2D eigenvalue weighted by molar-refractivity contribution is 0.122. The van der Waals surface area contributed by atoms with Crippen molar-refractivity contribution < 1.29 is 35.4 Å². The number of unbranched alkanes of at least 4 members (excludes halogenated alkanes) is 48. The van der Waals surface area contributed by atoms with Crippen LogP contribution in [0.15, 0.2) is 0 Å². The van der Waals surface area contributed by atoms with E-state index in [1.807, 2.05) is 0 Å². The molecule has 0 bridgehead atoms. The highest BCUT2D eigenvalue weighted by molar-refractivity contribution is 7.42. The lowest BCUT2D eigenvalue weighted by Crippen LogP contribution is -2.42. The molecule has 0 aromatic carbocycles. The van der Waals surface area contributed by atoms with Gasteiger partial charge in [0.15, 0.2) is 0 Å². The fourth-order valence-electron chi connectivity index (χ4n) is 10.6. The minimum absolute atomic E-state index is 0.724. The minimum Gasteiger partial charge on any atom is -0.396 e. The predicted octanol–water partition coefficient (Wildman–Crippen LogP) is 25.2. The summed E-state index contributed by atoms with van der Waals surface area (Å²) in [5.74, 6) is 0. The fraction of sp³-hybridized carbons (Fsp3) is 0.971. The van der Waals surface area contributed by atoms with E-state index in [2.05, 4.69) is 26.0 Å². The number of hydrogen-bond donors (Lipinski definition) is 0. The zero-order valence-electron chi connectivity index (χ0n) is 58.3. The summed E-state index contributed by atoms with van der Waals surface area (Å²) in [4.78, 5) is 0. The van der Waals surface area contributed by atoms with Gasteiger partial charge in [0.05, 0.1) is 12.1 Å². The number of nitrogens with zero attached hydrogens (tertiary/aromatic N) is 2. The first kappa shape index (κ1) is 93.1. The Balaban J connectivity index is -0.000000522. The van der Waals surface area contributed by atoms with Crippen molar-refractivity contribution in [3.8, 4) is 12.1 Å². The highest BCUT2D eigenvalue weighted by Crippen LogP contribution is 2.27. The fourth-order valence-corrected chi connectivity index (χ4v) is 17.6. The van der Waals surface area contributed by atoms with Gasteiger partial charge in [-0.15, -0.1) is 44.3 Å². The van der Waals surface area contributed by atoms with Crippen LogP contribution in [0.4, 0.5) is 0 Å². The molecule has 0 aliphatic rings. The van der Waals surface area contributed by atoms with Gasteiger partial charge in [-0.3, -0.25) is 0 Å². The quantitative estimate of drug-likeness (QED) is 0.0331. The average Bonchev–Trinajstić information content (AvgIpc) is 3.74. The third kappa shape index (κ3) is 72.1. The van der Waals surface area contributed by atoms with Gasteiger partial charge in [-0.1, -0.05) is 309 Å². The SMILES string of the molecule is CCCCCCCCCCCCCCC[Si](Cl)(Cl)OC.CCCCCCCCCCCCCCC[Si](OC)(OC)OC.CO[Si](CCCCCCCCCCCCCCC#N)(OC)OC.CO[Si](Cl)(Cl)CCCCCCCCCCCCCCC#N. The van der Waals surface area contributed by atoms with Crippen molar-refractivity contribution in [3.05, 3.63) is 0 Å². The Kier molecular flexibility index (Phi) is 80.9. The zero-order chi connectivity index (χ0) is 64.7. The molecule has 0 N–H and O–H groups in total. The van der Waals surface area contributed by atoms with E-state index in [4.69, 9.17) is 90.2 Å². The van der Waals surface area contributed by atoms with E-state index in [1.165, 1.54) is 283 Å². The molecular formula is C68H142Cl4N2O8Si4. The summed E-state index contributed by atoms with van der Waals surface area (Å²) in [5.41, 5.74) is 0. The summed E-state index contributed by atoms with van der Waals surface area (Å²) in [7, 11) is 8.71. The molecular weight excluding hydrogens is 1230 g/mol. The maximum absolute atomic E-state index is 8.45. The van der Waals surface area contributed by atoms with Crippen LogP contribution < -0.4 is 0 Å². The zero-order valence-corrected chi connectivity index (χ0v) is 65.3. The van der Waals surface area contributed by atoms with Crippen LogP contribution in [0.1, 0.15) is 348 Å². The molecule has 10 nitrogen and oxygen atoms in total. The van der Waals surface area contributed by atoms with E-state index in [-0.39, 0.29) is 0 Å². The van der Waals surface area contributed by atoms with Gasteiger partial charge < -0.3 is 35.4 Å². The minimum atomic E-state index is -2.35. The number of rotatable bonds is 64. The van der Waals surface area contributed by atoms with Gasteiger partial charge in [0, 0.05) is 81.8 Å². The molecule has 516 valence electrons. The lowest BCUT2D eigenvalue weighted by Gasteiger charge is -2.24. The Morgan fingerprint density at radius 1 is 0.221 bits per heavy atom. The highest BCUT2D eigenvalue weighted by atomic mass is 35.7. The summed E-state index contributed by atoms with van der Waals surface area (Å²) >= 11 is 24.2. The van der Waals surface area contributed by atoms with E-state index in [0.717, 1.165) is 75.5 Å². The van der Waals surface area contributed by atoms with E-state index < -0.39 is 31.5 Å². The molecule has 0 rings (SSSR count). The molecule has 86 heavy (non-hydrogen) atoms. The van der Waals surface area contributed by atoms with Gasteiger partial charge >= 0.3 is 31.5 Å². The van der Waals surface area contributed by atoms with Crippen LogP contribution in [0.25, 0.3) is 0 Å². The molecule has 0 fully saturated rings. The van der Waals surface area contributed by atoms with Gasteiger partial charge in [-0.2, -0.15) is 10.5 Å². The lowest BCUT2D eigenvalue weighted by atomic mass is 10.0. The van der Waals surface area contributed by atoms with Crippen molar-refractivity contribution in [1.29, 1.82) is 10.5 Å². The van der Waals surface area contributed by atoms with Crippen molar-refractivity contribution in [2.45, 2.75) is 372 Å². The Hall–Kier alpha value is 0.688. The van der Waals surface area contributed by atoms with Gasteiger partial charge in [-0.05, 0) is 37.8 Å². The van der Waals surface area contributed by atoms with Crippen LogP contribution in [0.2, 0.25) is 24.2 Å². The topological polar surface area (TPSA) is 121 Å². The van der Waals surface area contributed by atoms with Crippen LogP contribution in [-0.4, -0.2) is 88.4 Å². The second-order valence-corrected chi connectivity index (χ2v) is 43.1. The Bertz CT molecular complexity index is 1370. The Morgan fingerprint density at radius 3 is 0.523 bits per heavy atom. The largest absolute Gasteiger partial charge is 0.500 e. The summed E-state index contributed by atoms with van der Waals surface area (Å²) in [6.07, 6.45) is 67.8. The van der Waals surface area contributed by atoms with Crippen molar-refractivity contribution in [3.63, 3.8) is 0 Å². The Morgan fingerprint density at radius 2 is 0.372 bits per heavy atom. The monoisotopic (exact) mass is 1370 g/mol. The first-order chi connectivity index (χ1) is 41.7. The second kappa shape index (κ2) is 74.7. The van der Waals surface area contributed by atoms with Crippen molar-refractivity contribution in [2.24, 2.45) is 0 Å². The molecule has 0 aliphatic carbocycles. The first-order valence-electron chi connectivity index (χ1n) is 35.6. The molecule has 0 aromatic rings. The molecule has 0 saturated carbocycles. The molecule has 0 heterocycles. The third-order valence-electron chi connectivity index (χ3n) is 16.6. The van der Waals surface area contributed by atoms with Gasteiger partial charge in [0.1, 0.15) is 0 Å². The molecule has 0 unspecified atom stereocenters. The van der Waals surface area contributed by atoms with E-state index in [1.54, 1.807) is 56.9 Å². The molecule has 0 atom stereocenters. The van der Waals surface area contributed by atoms with Crippen LogP contribution in [-0.2, 0) is 35.4 Å². The molecule has 0 aliphatic heterocycles. The average molecular weight is 1370 g/mol. The summed E-state index contributed by atoms with van der Waals surface area (Å²) < 4.78 is 42.8. The number of halogens is 4. The summed E-state index contributed by atoms with van der Waals surface area (Å²) in [6, 6.07) is 7.97. The molecule has 0 aromatic heterocycles. The summed E-state index contributed by atoms with van der Waals surface area (Å²) in [5, 5.41) is 16.9. The molecule has 0 amide bonds. The standard InChI is InChI=1S/C18H37NO3Si.C18H40O3Si.C16H31Cl2NOSi.C16H34Cl2OSi/c1-20-23(21-2,22-3)18-16-14-12-10-8-6-4-5-7-9-11-13-15-17-19;1-5-6-7-8-9-10-11-12-13-14-15-16-17-18-22(19-2,20-3)21-4;1-20-21(17,18)16-14-12-10-8-6-4-2-3-5-7-9-11-13-15-19;1-3-4-5-6-7-8-9-10-11-12-13-14-15-16-20(17,18)19-2/h4-16,18H2,1-3H3;5-18H2,1-4H3;2-14,16H2,1H3;3-16H2,1-2H3. The van der Waals surface area contributed by atoms with Crippen molar-refractivity contribution in [1.82, 2.24) is 0 Å². The van der Waals surface area contributed by atoms with E-state index in [0.29, 0.717) is 0 Å². The Labute approximate surface area is 558 Å². The molecule has 0 saturated heterocycles. The van der Waals surface area contributed by atoms with Gasteiger partial charge in [0.25, 0.3) is 0 Å². The van der Waals surface area contributed by atoms with E-state index >= 15 is 0 Å². The second-order valence-electron chi connectivity index (χ2n) is 24.1. The first-order valence-corrected chi connectivity index (χ1v) is 47.8. The molecule has 18 heteroatoms. The third-order valence-corrected chi connectivity index (χ3v) is 29.5. The molecule has 0 spiro atoms.